The van der Waals surface area contributed by atoms with Crippen LogP contribution >= 0.6 is 0 Å². The van der Waals surface area contributed by atoms with Gasteiger partial charge in [0.05, 0.1) is 6.61 Å². The fourth-order valence-corrected chi connectivity index (χ4v) is 2.29. The maximum atomic E-state index is 6.30. The summed E-state index contributed by atoms with van der Waals surface area (Å²) in [5.74, 6) is 1.62. The van der Waals surface area contributed by atoms with Crippen molar-refractivity contribution in [3.63, 3.8) is 0 Å². The van der Waals surface area contributed by atoms with Crippen molar-refractivity contribution >= 4 is 0 Å². The van der Waals surface area contributed by atoms with Gasteiger partial charge in [0, 0.05) is 25.2 Å². The Balaban J connectivity index is 1.53. The lowest BCUT2D eigenvalue weighted by atomic mass is 9.97. The van der Waals surface area contributed by atoms with Gasteiger partial charge in [0.2, 0.25) is 0 Å². The van der Waals surface area contributed by atoms with E-state index in [9.17, 15) is 0 Å². The first-order valence-corrected chi connectivity index (χ1v) is 6.63. The second-order valence-electron chi connectivity index (χ2n) is 6.04. The van der Waals surface area contributed by atoms with Crippen LogP contribution in [-0.4, -0.2) is 43.8 Å². The minimum atomic E-state index is 0.00520. The minimum Gasteiger partial charge on any atom is -0.380 e. The van der Waals surface area contributed by atoms with Gasteiger partial charge in [-0.15, -0.1) is 0 Å². The van der Waals surface area contributed by atoms with E-state index in [1.165, 1.54) is 25.7 Å². The van der Waals surface area contributed by atoms with Crippen LogP contribution < -0.4 is 5.73 Å². The van der Waals surface area contributed by atoms with Crippen molar-refractivity contribution in [1.29, 1.82) is 0 Å². The molecule has 2 rings (SSSR count). The van der Waals surface area contributed by atoms with Crippen molar-refractivity contribution in [2.24, 2.45) is 17.6 Å². The van der Waals surface area contributed by atoms with Crippen molar-refractivity contribution in [2.45, 2.75) is 38.1 Å². The molecule has 0 spiro atoms. The Morgan fingerprint density at radius 2 is 2.00 bits per heavy atom. The Morgan fingerprint density at radius 3 is 2.56 bits per heavy atom. The molecule has 94 valence electrons. The first-order valence-electron chi connectivity index (χ1n) is 6.63. The van der Waals surface area contributed by atoms with Gasteiger partial charge >= 0.3 is 0 Å². The molecule has 0 aromatic rings. The number of nitrogens with two attached hydrogens (primary N) is 1. The summed E-state index contributed by atoms with van der Waals surface area (Å²) in [6, 6.07) is 0. The summed E-state index contributed by atoms with van der Waals surface area (Å²) in [7, 11) is 2.15. The molecule has 2 fully saturated rings. The normalized spacial score (nSPS) is 24.8. The van der Waals surface area contributed by atoms with E-state index in [1.54, 1.807) is 0 Å². The summed E-state index contributed by atoms with van der Waals surface area (Å²) in [4.78, 5) is 2.31. The largest absolute Gasteiger partial charge is 0.380 e. The molecule has 2 saturated carbocycles. The zero-order valence-corrected chi connectivity index (χ0v) is 10.7. The monoisotopic (exact) mass is 226 g/mol. The molecule has 0 aromatic carbocycles. The van der Waals surface area contributed by atoms with Crippen LogP contribution in [0.25, 0.3) is 0 Å². The predicted molar refractivity (Wildman–Crippen MR) is 66.4 cm³/mol. The molecular weight excluding hydrogens is 200 g/mol. The average Bonchev–Trinajstić information content (AvgIpc) is 3.01. The summed E-state index contributed by atoms with van der Waals surface area (Å²) in [6.45, 7) is 6.01. The minimum absolute atomic E-state index is 0.00520. The molecule has 0 aromatic heterocycles. The molecule has 16 heavy (non-hydrogen) atoms. The third-order valence-corrected chi connectivity index (χ3v) is 3.79. The zero-order chi connectivity index (χ0) is 11.6. The molecule has 2 aliphatic rings. The molecule has 2 aliphatic carbocycles. The highest BCUT2D eigenvalue weighted by atomic mass is 16.5. The smallest absolute Gasteiger partial charge is 0.0593 e. The van der Waals surface area contributed by atoms with Gasteiger partial charge in [-0.25, -0.2) is 0 Å². The lowest BCUT2D eigenvalue weighted by Crippen LogP contribution is -2.49. The van der Waals surface area contributed by atoms with E-state index in [2.05, 4.69) is 18.9 Å². The molecule has 0 radical (unpaired) electrons. The van der Waals surface area contributed by atoms with E-state index < -0.39 is 0 Å². The summed E-state index contributed by atoms with van der Waals surface area (Å²) in [5.41, 5.74) is 6.31. The molecule has 3 heteroatoms. The summed E-state index contributed by atoms with van der Waals surface area (Å²) >= 11 is 0. The fraction of sp³-hybridized carbons (Fsp3) is 1.00. The van der Waals surface area contributed by atoms with E-state index in [4.69, 9.17) is 10.5 Å². The van der Waals surface area contributed by atoms with Crippen molar-refractivity contribution in [3.8, 4) is 0 Å². The molecule has 0 heterocycles. The van der Waals surface area contributed by atoms with Gasteiger partial charge < -0.3 is 15.4 Å². The highest BCUT2D eigenvalue weighted by molar-refractivity contribution is 4.96. The number of ether oxygens (including phenoxy) is 1. The standard InChI is InChI=1S/C13H26N2O/c1-13(14,12-5-6-12)10-15(2)7-8-16-9-11-3-4-11/h11-12H,3-10,14H2,1-2H3. The molecule has 0 amide bonds. The first-order chi connectivity index (χ1) is 7.58. The Kier molecular flexibility index (Phi) is 3.88. The van der Waals surface area contributed by atoms with Crippen LogP contribution in [0.1, 0.15) is 32.6 Å². The number of hydrogen-bond donors (Lipinski definition) is 1. The van der Waals surface area contributed by atoms with Gasteiger partial charge in [-0.05, 0) is 51.5 Å². The maximum absolute atomic E-state index is 6.30. The number of rotatable bonds is 8. The van der Waals surface area contributed by atoms with Crippen LogP contribution in [0.15, 0.2) is 0 Å². The molecule has 0 bridgehead atoms. The second-order valence-corrected chi connectivity index (χ2v) is 6.04. The second kappa shape index (κ2) is 5.03. The van der Waals surface area contributed by atoms with Crippen LogP contribution in [0.2, 0.25) is 0 Å². The molecule has 1 atom stereocenters. The quantitative estimate of drug-likeness (QED) is 0.637. The van der Waals surface area contributed by atoms with E-state index in [0.717, 1.165) is 38.1 Å². The SMILES string of the molecule is CN(CCOCC1CC1)CC(C)(N)C1CC1. The number of hydrogen-bond acceptors (Lipinski definition) is 3. The molecule has 0 aliphatic heterocycles. The predicted octanol–water partition coefficient (Wildman–Crippen LogP) is 1.47. The van der Waals surface area contributed by atoms with E-state index >= 15 is 0 Å². The van der Waals surface area contributed by atoms with Crippen LogP contribution in [0, 0.1) is 11.8 Å². The van der Waals surface area contributed by atoms with Gasteiger partial charge in [0.1, 0.15) is 0 Å². The molecule has 1 unspecified atom stereocenters. The van der Waals surface area contributed by atoms with E-state index in [0.29, 0.717) is 0 Å². The first kappa shape index (κ1) is 12.3. The third kappa shape index (κ3) is 4.04. The summed E-state index contributed by atoms with van der Waals surface area (Å²) in [5, 5.41) is 0. The Morgan fingerprint density at radius 1 is 1.31 bits per heavy atom. The fourth-order valence-electron chi connectivity index (χ4n) is 2.29. The van der Waals surface area contributed by atoms with Crippen LogP contribution in [0.5, 0.6) is 0 Å². The van der Waals surface area contributed by atoms with Crippen molar-refractivity contribution in [3.05, 3.63) is 0 Å². The molecule has 3 nitrogen and oxygen atoms in total. The molecular formula is C13H26N2O. The Hall–Kier alpha value is -0.120. The van der Waals surface area contributed by atoms with Gasteiger partial charge in [-0.2, -0.15) is 0 Å². The maximum Gasteiger partial charge on any atom is 0.0593 e. The van der Waals surface area contributed by atoms with Gasteiger partial charge in [-0.1, -0.05) is 0 Å². The molecule has 2 N–H and O–H groups in total. The Bertz CT molecular complexity index is 222. The molecule has 0 saturated heterocycles. The van der Waals surface area contributed by atoms with Crippen molar-refractivity contribution in [2.75, 3.05) is 33.4 Å². The topological polar surface area (TPSA) is 38.5 Å². The number of nitrogens with zero attached hydrogens (tertiary/aromatic N) is 1. The van der Waals surface area contributed by atoms with Crippen LogP contribution in [-0.2, 0) is 4.74 Å². The van der Waals surface area contributed by atoms with Crippen molar-refractivity contribution < 1.29 is 4.74 Å². The highest BCUT2D eigenvalue weighted by Gasteiger charge is 2.38. The van der Waals surface area contributed by atoms with E-state index in [1.807, 2.05) is 0 Å². The lowest BCUT2D eigenvalue weighted by molar-refractivity contribution is 0.0963. The third-order valence-electron chi connectivity index (χ3n) is 3.79. The van der Waals surface area contributed by atoms with Gasteiger partial charge in [-0.3, -0.25) is 0 Å². The lowest BCUT2D eigenvalue weighted by Gasteiger charge is -2.30. The number of likely N-dealkylation sites (N-methyl/N-ethyl adjacent to an activating group) is 1. The van der Waals surface area contributed by atoms with Crippen molar-refractivity contribution in [1.82, 2.24) is 4.90 Å². The summed E-state index contributed by atoms with van der Waals surface area (Å²) < 4.78 is 5.64. The zero-order valence-electron chi connectivity index (χ0n) is 10.7. The summed E-state index contributed by atoms with van der Waals surface area (Å²) in [6.07, 6.45) is 5.38. The van der Waals surface area contributed by atoms with E-state index in [-0.39, 0.29) is 5.54 Å². The Labute approximate surface area is 99.3 Å². The van der Waals surface area contributed by atoms with Gasteiger partial charge in [0.15, 0.2) is 0 Å². The van der Waals surface area contributed by atoms with Crippen LogP contribution in [0.4, 0.5) is 0 Å². The highest BCUT2D eigenvalue weighted by Crippen LogP contribution is 2.38. The average molecular weight is 226 g/mol. The van der Waals surface area contributed by atoms with Crippen LogP contribution in [0.3, 0.4) is 0 Å². The van der Waals surface area contributed by atoms with Gasteiger partial charge in [0.25, 0.3) is 0 Å².